The molecule has 1 fully saturated rings. The van der Waals surface area contributed by atoms with Crippen molar-refractivity contribution < 1.29 is 16.1 Å². The molecule has 0 radical (unpaired) electrons. The molecule has 2 aromatic heterocycles. The van der Waals surface area contributed by atoms with Crippen LogP contribution in [0.25, 0.3) is 10.9 Å². The summed E-state index contributed by atoms with van der Waals surface area (Å²) in [5, 5.41) is 1.13. The van der Waals surface area contributed by atoms with Gasteiger partial charge in [0.2, 0.25) is 5.91 Å². The summed E-state index contributed by atoms with van der Waals surface area (Å²) in [6, 6.07) is 18.3. The zero-order valence-corrected chi connectivity index (χ0v) is 20.2. The Morgan fingerprint density at radius 3 is 2.51 bits per heavy atom. The molecule has 1 saturated heterocycles. The zero-order chi connectivity index (χ0) is 24.4. The van der Waals surface area contributed by atoms with Crippen LogP contribution in [0.1, 0.15) is 40.1 Å². The number of para-hydroxylation sites is 1. The van der Waals surface area contributed by atoms with Gasteiger partial charge in [0.1, 0.15) is 18.2 Å². The standard InChI is InChI=1S/C26H27N5O3S.2H2/c1-19(31-17-13-22-4-2-3-5-24(22)31)26(32)30-15-11-21(12-16-30)20-6-8-23(9-7-20)35(33,34)29-25-10-14-27-18-28-25;;/h2-10,13-14,17-19,21H,11-12,15-16H2,1H3,(H,27,28,29);2*1H/t19-;;/m1../s1. The van der Waals surface area contributed by atoms with Gasteiger partial charge in [-0.3, -0.25) is 9.52 Å². The van der Waals surface area contributed by atoms with Gasteiger partial charge >= 0.3 is 0 Å². The van der Waals surface area contributed by atoms with E-state index in [-0.39, 0.29) is 31.4 Å². The number of likely N-dealkylation sites (tertiary alicyclic amines) is 1. The molecule has 0 bridgehead atoms. The smallest absolute Gasteiger partial charge is 0.263 e. The number of piperidine rings is 1. The number of carbonyl (C=O) groups is 1. The summed E-state index contributed by atoms with van der Waals surface area (Å²) in [4.78, 5) is 23.0. The van der Waals surface area contributed by atoms with Crippen LogP contribution in [0.5, 0.6) is 0 Å². The van der Waals surface area contributed by atoms with Crippen LogP contribution >= 0.6 is 0 Å². The van der Waals surface area contributed by atoms with E-state index in [1.54, 1.807) is 12.1 Å². The molecule has 0 aliphatic carbocycles. The normalized spacial score (nSPS) is 15.7. The molecule has 184 valence electrons. The van der Waals surface area contributed by atoms with Gasteiger partial charge in [-0.1, -0.05) is 30.3 Å². The SMILES string of the molecule is C[C@H](C(=O)N1CCC(c2ccc(S(=O)(=O)Nc3ccncn3)cc2)CC1)n1ccc2ccccc21.[HH].[HH]. The van der Waals surface area contributed by atoms with Gasteiger partial charge in [-0.25, -0.2) is 18.4 Å². The molecule has 5 rings (SSSR count). The number of benzene rings is 2. The Labute approximate surface area is 207 Å². The van der Waals surface area contributed by atoms with E-state index in [2.05, 4.69) is 20.8 Å². The monoisotopic (exact) mass is 493 g/mol. The number of anilines is 1. The maximum Gasteiger partial charge on any atom is 0.263 e. The van der Waals surface area contributed by atoms with Gasteiger partial charge < -0.3 is 9.47 Å². The Morgan fingerprint density at radius 1 is 1.06 bits per heavy atom. The third-order valence-corrected chi connectivity index (χ3v) is 8.06. The van der Waals surface area contributed by atoms with Crippen LogP contribution in [0.15, 0.2) is 84.3 Å². The second-order valence-corrected chi connectivity index (χ2v) is 10.5. The summed E-state index contributed by atoms with van der Waals surface area (Å²) in [5.41, 5.74) is 2.15. The van der Waals surface area contributed by atoms with Crippen molar-refractivity contribution in [3.05, 3.63) is 84.9 Å². The number of nitrogens with zero attached hydrogens (tertiary/aromatic N) is 4. The van der Waals surface area contributed by atoms with Crippen LogP contribution in [0.2, 0.25) is 0 Å². The van der Waals surface area contributed by atoms with Crippen LogP contribution < -0.4 is 4.72 Å². The number of nitrogens with one attached hydrogen (secondary N) is 1. The van der Waals surface area contributed by atoms with Crippen molar-refractivity contribution in [3.63, 3.8) is 0 Å². The quantitative estimate of drug-likeness (QED) is 0.420. The molecule has 1 atom stereocenters. The number of carbonyl (C=O) groups excluding carboxylic acids is 1. The van der Waals surface area contributed by atoms with Crippen LogP contribution in [0.4, 0.5) is 5.82 Å². The van der Waals surface area contributed by atoms with Gasteiger partial charge in [-0.2, -0.15) is 0 Å². The molecule has 1 amide bonds. The van der Waals surface area contributed by atoms with E-state index in [1.165, 1.54) is 18.6 Å². The van der Waals surface area contributed by atoms with E-state index < -0.39 is 10.0 Å². The minimum Gasteiger partial charge on any atom is -0.341 e. The van der Waals surface area contributed by atoms with Crippen molar-refractivity contribution in [3.8, 4) is 0 Å². The zero-order valence-electron chi connectivity index (χ0n) is 19.4. The highest BCUT2D eigenvalue weighted by atomic mass is 32.2. The second kappa shape index (κ2) is 9.50. The van der Waals surface area contributed by atoms with Crippen LogP contribution in [0.3, 0.4) is 0 Å². The van der Waals surface area contributed by atoms with E-state index in [1.807, 2.05) is 59.0 Å². The molecule has 1 N–H and O–H groups in total. The molecule has 35 heavy (non-hydrogen) atoms. The Hall–Kier alpha value is -3.72. The highest BCUT2D eigenvalue weighted by Crippen LogP contribution is 2.30. The van der Waals surface area contributed by atoms with Crippen LogP contribution in [0, 0.1) is 0 Å². The van der Waals surface area contributed by atoms with E-state index in [0.717, 1.165) is 29.3 Å². The fourth-order valence-electron chi connectivity index (χ4n) is 4.73. The molecule has 4 aromatic rings. The molecule has 1 aliphatic heterocycles. The predicted octanol–water partition coefficient (Wildman–Crippen LogP) is 4.69. The highest BCUT2D eigenvalue weighted by Gasteiger charge is 2.28. The molecular formula is C26H31N5O3S. The topological polar surface area (TPSA) is 97.2 Å². The van der Waals surface area contributed by atoms with Gasteiger partial charge in [0.15, 0.2) is 0 Å². The number of sulfonamides is 1. The van der Waals surface area contributed by atoms with E-state index in [0.29, 0.717) is 13.1 Å². The van der Waals surface area contributed by atoms with Gasteiger partial charge in [-0.15, -0.1) is 0 Å². The predicted molar refractivity (Wildman–Crippen MR) is 139 cm³/mol. The lowest BCUT2D eigenvalue weighted by Gasteiger charge is -2.34. The van der Waals surface area contributed by atoms with Crippen molar-refractivity contribution in [1.29, 1.82) is 0 Å². The maximum atomic E-state index is 13.2. The van der Waals surface area contributed by atoms with E-state index in [9.17, 15) is 13.2 Å². The number of fused-ring (bicyclic) bond motifs is 1. The van der Waals surface area contributed by atoms with Gasteiger partial charge in [0, 0.05) is 33.9 Å². The van der Waals surface area contributed by atoms with Crippen LogP contribution in [-0.4, -0.2) is 46.8 Å². The summed E-state index contributed by atoms with van der Waals surface area (Å²) in [7, 11) is -3.72. The summed E-state index contributed by atoms with van der Waals surface area (Å²) < 4.78 is 29.8. The van der Waals surface area contributed by atoms with Gasteiger partial charge in [0.25, 0.3) is 10.0 Å². The van der Waals surface area contributed by atoms with E-state index >= 15 is 0 Å². The van der Waals surface area contributed by atoms with Gasteiger partial charge in [0.05, 0.1) is 4.90 Å². The number of rotatable bonds is 6. The first kappa shape index (κ1) is 23.0. The summed E-state index contributed by atoms with van der Waals surface area (Å²) in [5.74, 6) is 0.638. The number of amides is 1. The van der Waals surface area contributed by atoms with Gasteiger partial charge in [-0.05, 0) is 67.0 Å². The Balaban J connectivity index is 0.00000190. The third kappa shape index (κ3) is 4.77. The summed E-state index contributed by atoms with van der Waals surface area (Å²) in [6.45, 7) is 3.32. The molecule has 0 unspecified atom stereocenters. The van der Waals surface area contributed by atoms with Crippen molar-refractivity contribution in [2.24, 2.45) is 0 Å². The first-order valence-corrected chi connectivity index (χ1v) is 13.1. The lowest BCUT2D eigenvalue weighted by Crippen LogP contribution is -2.41. The molecular weight excluding hydrogens is 462 g/mol. The molecule has 2 aromatic carbocycles. The Bertz CT molecular complexity index is 1440. The first-order valence-electron chi connectivity index (χ1n) is 11.7. The molecule has 8 nitrogen and oxygen atoms in total. The Morgan fingerprint density at radius 2 is 1.80 bits per heavy atom. The molecule has 0 spiro atoms. The van der Waals surface area contributed by atoms with Crippen molar-refractivity contribution >= 4 is 32.7 Å². The lowest BCUT2D eigenvalue weighted by atomic mass is 9.89. The fraction of sp³-hybridized carbons (Fsp3) is 0.269. The minimum atomic E-state index is -3.72. The van der Waals surface area contributed by atoms with Crippen LogP contribution in [-0.2, 0) is 14.8 Å². The largest absolute Gasteiger partial charge is 0.341 e. The first-order chi connectivity index (χ1) is 16.9. The Kier molecular flexibility index (Phi) is 6.25. The van der Waals surface area contributed by atoms with Crippen molar-refractivity contribution in [2.45, 2.75) is 36.6 Å². The molecule has 3 heterocycles. The highest BCUT2D eigenvalue weighted by molar-refractivity contribution is 7.92. The number of hydrogen-bond donors (Lipinski definition) is 1. The minimum absolute atomic E-state index is 0. The fourth-order valence-corrected chi connectivity index (χ4v) is 5.73. The van der Waals surface area contributed by atoms with Crippen molar-refractivity contribution in [1.82, 2.24) is 19.4 Å². The average Bonchev–Trinajstić information content (AvgIpc) is 3.33. The molecule has 9 heteroatoms. The number of aromatic nitrogens is 3. The third-order valence-electron chi connectivity index (χ3n) is 6.69. The maximum absolute atomic E-state index is 13.2. The summed E-state index contributed by atoms with van der Waals surface area (Å²) in [6.07, 6.45) is 6.44. The molecule has 1 aliphatic rings. The average molecular weight is 494 g/mol. The van der Waals surface area contributed by atoms with Crippen molar-refractivity contribution in [2.75, 3.05) is 17.8 Å². The molecule has 0 saturated carbocycles. The van der Waals surface area contributed by atoms with E-state index in [4.69, 9.17) is 0 Å². The lowest BCUT2D eigenvalue weighted by molar-refractivity contribution is -0.135. The summed E-state index contributed by atoms with van der Waals surface area (Å²) >= 11 is 0. The number of hydrogen-bond acceptors (Lipinski definition) is 5. The second-order valence-electron chi connectivity index (χ2n) is 8.83.